The number of ether oxygens (including phenoxy) is 1. The summed E-state index contributed by atoms with van der Waals surface area (Å²) in [5.74, 6) is 2.68. The SMILES string of the molecule is C#CC(C)NC(C)CC1CCCCN1C(=O)OC(C)(C)C. The largest absolute Gasteiger partial charge is 0.444 e. The van der Waals surface area contributed by atoms with Gasteiger partial charge in [0.25, 0.3) is 0 Å². The van der Waals surface area contributed by atoms with Crippen molar-refractivity contribution < 1.29 is 9.53 Å². The second-order valence-corrected chi connectivity index (χ2v) is 7.02. The zero-order valence-electron chi connectivity index (χ0n) is 14.1. The fourth-order valence-electron chi connectivity index (χ4n) is 2.76. The molecule has 1 aliphatic rings. The van der Waals surface area contributed by atoms with E-state index in [0.717, 1.165) is 25.8 Å². The highest BCUT2D eigenvalue weighted by Gasteiger charge is 2.31. The number of carbonyl (C=O) groups excluding carboxylic acids is 1. The maximum Gasteiger partial charge on any atom is 0.410 e. The molecule has 4 nitrogen and oxygen atoms in total. The zero-order chi connectivity index (χ0) is 16.0. The van der Waals surface area contributed by atoms with Gasteiger partial charge in [-0.1, -0.05) is 5.92 Å². The molecule has 4 heteroatoms. The van der Waals surface area contributed by atoms with E-state index in [4.69, 9.17) is 11.2 Å². The zero-order valence-corrected chi connectivity index (χ0v) is 14.1. The van der Waals surface area contributed by atoms with Gasteiger partial charge >= 0.3 is 6.09 Å². The lowest BCUT2D eigenvalue weighted by molar-refractivity contribution is 0.00788. The summed E-state index contributed by atoms with van der Waals surface area (Å²) in [6.07, 6.45) is 9.38. The Labute approximate surface area is 129 Å². The van der Waals surface area contributed by atoms with Crippen molar-refractivity contribution in [3.05, 3.63) is 0 Å². The molecule has 0 aromatic carbocycles. The highest BCUT2D eigenvalue weighted by molar-refractivity contribution is 5.68. The summed E-state index contributed by atoms with van der Waals surface area (Å²) in [6.45, 7) is 10.6. The molecule has 0 spiro atoms. The van der Waals surface area contributed by atoms with Crippen LogP contribution in [0.1, 0.15) is 60.3 Å². The number of amides is 1. The molecular weight excluding hydrogens is 264 g/mol. The normalized spacial score (nSPS) is 22.3. The Morgan fingerprint density at radius 2 is 2.10 bits per heavy atom. The number of hydrogen-bond donors (Lipinski definition) is 1. The summed E-state index contributed by atoms with van der Waals surface area (Å²) in [5.41, 5.74) is -0.444. The molecule has 0 aromatic heterocycles. The van der Waals surface area contributed by atoms with Crippen LogP contribution in [0.3, 0.4) is 0 Å². The Balaban J connectivity index is 2.61. The van der Waals surface area contributed by atoms with E-state index >= 15 is 0 Å². The number of nitrogens with zero attached hydrogens (tertiary/aromatic N) is 1. The highest BCUT2D eigenvalue weighted by atomic mass is 16.6. The molecule has 0 radical (unpaired) electrons. The molecule has 1 N–H and O–H groups in total. The Morgan fingerprint density at radius 3 is 2.67 bits per heavy atom. The predicted molar refractivity (Wildman–Crippen MR) is 86.1 cm³/mol. The Kier molecular flexibility index (Phi) is 6.54. The van der Waals surface area contributed by atoms with Crippen LogP contribution < -0.4 is 5.32 Å². The van der Waals surface area contributed by atoms with E-state index < -0.39 is 5.60 Å². The first-order valence-corrected chi connectivity index (χ1v) is 7.94. The van der Waals surface area contributed by atoms with Gasteiger partial charge < -0.3 is 15.0 Å². The van der Waals surface area contributed by atoms with Crippen molar-refractivity contribution in [2.75, 3.05) is 6.54 Å². The molecule has 0 saturated carbocycles. The van der Waals surface area contributed by atoms with Gasteiger partial charge in [0.2, 0.25) is 0 Å². The summed E-state index contributed by atoms with van der Waals surface area (Å²) in [6, 6.07) is 0.573. The first kappa shape index (κ1) is 17.8. The van der Waals surface area contributed by atoms with E-state index in [0.29, 0.717) is 0 Å². The monoisotopic (exact) mass is 294 g/mol. The van der Waals surface area contributed by atoms with Crippen LogP contribution in [0.25, 0.3) is 0 Å². The van der Waals surface area contributed by atoms with E-state index in [1.807, 2.05) is 32.6 Å². The van der Waals surface area contributed by atoms with Crippen LogP contribution in [0.2, 0.25) is 0 Å². The van der Waals surface area contributed by atoms with Crippen molar-refractivity contribution in [1.82, 2.24) is 10.2 Å². The van der Waals surface area contributed by atoms with E-state index in [-0.39, 0.29) is 24.2 Å². The third kappa shape index (κ3) is 6.39. The van der Waals surface area contributed by atoms with Crippen molar-refractivity contribution >= 4 is 6.09 Å². The summed E-state index contributed by atoms with van der Waals surface area (Å²) < 4.78 is 5.53. The third-order valence-electron chi connectivity index (χ3n) is 3.67. The lowest BCUT2D eigenvalue weighted by Gasteiger charge is -2.38. The molecule has 1 rings (SSSR count). The first-order chi connectivity index (χ1) is 9.73. The molecule has 1 heterocycles. The highest BCUT2D eigenvalue weighted by Crippen LogP contribution is 2.23. The lowest BCUT2D eigenvalue weighted by atomic mass is 9.96. The van der Waals surface area contributed by atoms with Crippen LogP contribution in [-0.2, 0) is 4.74 Å². The maximum absolute atomic E-state index is 12.3. The van der Waals surface area contributed by atoms with Gasteiger partial charge in [-0.3, -0.25) is 0 Å². The van der Waals surface area contributed by atoms with Crippen molar-refractivity contribution in [2.24, 2.45) is 0 Å². The first-order valence-electron chi connectivity index (χ1n) is 7.94. The standard InChI is InChI=1S/C17H30N2O2/c1-7-13(2)18-14(3)12-15-10-8-9-11-19(15)16(20)21-17(4,5)6/h1,13-15,18H,8-12H2,2-6H3. The van der Waals surface area contributed by atoms with Gasteiger partial charge in [0.1, 0.15) is 5.60 Å². The predicted octanol–water partition coefficient (Wildman–Crippen LogP) is 3.17. The summed E-state index contributed by atoms with van der Waals surface area (Å²) >= 11 is 0. The van der Waals surface area contributed by atoms with Crippen molar-refractivity contribution in [2.45, 2.75) is 84.0 Å². The number of likely N-dealkylation sites (tertiary alicyclic amines) is 1. The fourth-order valence-corrected chi connectivity index (χ4v) is 2.76. The average Bonchev–Trinajstić information content (AvgIpc) is 2.36. The molecule has 120 valence electrons. The Bertz CT molecular complexity index is 381. The van der Waals surface area contributed by atoms with Gasteiger partial charge in [-0.15, -0.1) is 6.42 Å². The summed E-state index contributed by atoms with van der Waals surface area (Å²) in [4.78, 5) is 14.2. The average molecular weight is 294 g/mol. The van der Waals surface area contributed by atoms with Crippen LogP contribution >= 0.6 is 0 Å². The van der Waals surface area contributed by atoms with Crippen LogP contribution in [0.15, 0.2) is 0 Å². The minimum absolute atomic E-state index is 0.0542. The Hall–Kier alpha value is -1.21. The van der Waals surface area contributed by atoms with Gasteiger partial charge in [-0.25, -0.2) is 4.79 Å². The molecule has 0 aromatic rings. The number of nitrogens with one attached hydrogen (secondary N) is 1. The van der Waals surface area contributed by atoms with E-state index in [1.54, 1.807) is 0 Å². The second-order valence-electron chi connectivity index (χ2n) is 7.02. The van der Waals surface area contributed by atoms with Crippen molar-refractivity contribution in [1.29, 1.82) is 0 Å². The fraction of sp³-hybridized carbons (Fsp3) is 0.824. The molecular formula is C17H30N2O2. The molecule has 3 unspecified atom stereocenters. The lowest BCUT2D eigenvalue weighted by Crippen LogP contribution is -2.49. The van der Waals surface area contributed by atoms with Crippen molar-refractivity contribution in [3.8, 4) is 12.3 Å². The quantitative estimate of drug-likeness (QED) is 0.810. The summed E-state index contributed by atoms with van der Waals surface area (Å²) in [5, 5.41) is 3.37. The number of rotatable bonds is 4. The van der Waals surface area contributed by atoms with Crippen LogP contribution in [0.5, 0.6) is 0 Å². The van der Waals surface area contributed by atoms with Gasteiger partial charge in [-0.05, 0) is 60.3 Å². The Morgan fingerprint density at radius 1 is 1.43 bits per heavy atom. The summed E-state index contributed by atoms with van der Waals surface area (Å²) in [7, 11) is 0. The number of piperidine rings is 1. The van der Waals surface area contributed by atoms with E-state index in [2.05, 4.69) is 18.2 Å². The smallest absolute Gasteiger partial charge is 0.410 e. The second kappa shape index (κ2) is 7.70. The molecule has 0 aliphatic carbocycles. The molecule has 1 saturated heterocycles. The van der Waals surface area contributed by atoms with Gasteiger partial charge in [0.15, 0.2) is 0 Å². The third-order valence-corrected chi connectivity index (χ3v) is 3.67. The van der Waals surface area contributed by atoms with E-state index in [1.165, 1.54) is 6.42 Å². The molecule has 0 bridgehead atoms. The molecule has 1 amide bonds. The number of terminal acetylenes is 1. The van der Waals surface area contributed by atoms with Gasteiger partial charge in [0.05, 0.1) is 6.04 Å². The molecule has 1 fully saturated rings. The van der Waals surface area contributed by atoms with Gasteiger partial charge in [-0.2, -0.15) is 0 Å². The van der Waals surface area contributed by atoms with Crippen LogP contribution in [0, 0.1) is 12.3 Å². The minimum Gasteiger partial charge on any atom is -0.444 e. The minimum atomic E-state index is -0.444. The number of carbonyl (C=O) groups is 1. The van der Waals surface area contributed by atoms with Crippen LogP contribution in [0.4, 0.5) is 4.79 Å². The van der Waals surface area contributed by atoms with Crippen LogP contribution in [-0.4, -0.2) is 41.3 Å². The van der Waals surface area contributed by atoms with Gasteiger partial charge in [0, 0.05) is 18.6 Å². The molecule has 3 atom stereocenters. The topological polar surface area (TPSA) is 41.6 Å². The van der Waals surface area contributed by atoms with Crippen molar-refractivity contribution in [3.63, 3.8) is 0 Å². The number of hydrogen-bond acceptors (Lipinski definition) is 3. The molecule has 1 aliphatic heterocycles. The maximum atomic E-state index is 12.3. The van der Waals surface area contributed by atoms with E-state index in [9.17, 15) is 4.79 Å². The molecule has 21 heavy (non-hydrogen) atoms.